The van der Waals surface area contributed by atoms with Crippen LogP contribution < -0.4 is 47.9 Å². The normalized spacial score (nSPS) is 13.6. The molecule has 0 aliphatic rings. The van der Waals surface area contributed by atoms with Crippen LogP contribution in [0, 0.1) is 17.8 Å². The molecule has 0 unspecified atom stereocenters. The predicted molar refractivity (Wildman–Crippen MR) is 302 cm³/mol. The van der Waals surface area contributed by atoms with E-state index in [1.807, 2.05) is 0 Å². The highest BCUT2D eigenvalue weighted by Gasteiger charge is 2.34. The van der Waals surface area contributed by atoms with E-state index in [0.717, 1.165) is 11.8 Å². The number of carboxylic acids is 2. The Balaban J connectivity index is 1.90. The van der Waals surface area contributed by atoms with Crippen LogP contribution in [0.5, 0.6) is 5.75 Å². The van der Waals surface area contributed by atoms with Crippen LogP contribution in [0.25, 0.3) is 0 Å². The number of carbonyl (C=O) groups is 12. The molecule has 0 radical (unpaired) electrons. The number of thioether (sulfide) groups is 1. The number of carbonyl (C=O) groups excluding carboxylic acids is 10. The highest BCUT2D eigenvalue weighted by atomic mass is 32.2. The maximum atomic E-state index is 14.5. The molecule has 12 N–H and O–H groups in total. The van der Waals surface area contributed by atoms with Gasteiger partial charge in [-0.2, -0.15) is 0 Å². The van der Waals surface area contributed by atoms with Crippen molar-refractivity contribution >= 4 is 83.2 Å². The van der Waals surface area contributed by atoms with Crippen LogP contribution in [-0.4, -0.2) is 148 Å². The summed E-state index contributed by atoms with van der Waals surface area (Å²) in [5, 5.41) is 51.4. The SMILES string of the molecule is CC(C)C[C@H](NC(=O)[C@@H](NC(=O)CNC(=O)c1ccccc1)C(C)C)C(=O)N[C@@H](CCCCNC(=O)C[C@H](Sc1ccccc1)C(=O)O)C(=O)N[C@@H](CCC(=O)O)C(=O)N[C@@H](Cc1ccc(O)cc1)C(=O)NCC(=O)N[C@H](C=O)C(C)C. The zero-order valence-corrected chi connectivity index (χ0v) is 47.7. The summed E-state index contributed by atoms with van der Waals surface area (Å²) in [6.45, 7) is 9.17. The number of benzene rings is 3. The summed E-state index contributed by atoms with van der Waals surface area (Å²) in [7, 11) is 0. The van der Waals surface area contributed by atoms with Gasteiger partial charge in [0.15, 0.2) is 0 Å². The number of amides is 9. The van der Waals surface area contributed by atoms with Crippen LogP contribution in [0.15, 0.2) is 89.8 Å². The molecular weight excluding hydrogens is 1080 g/mol. The van der Waals surface area contributed by atoms with Gasteiger partial charge in [-0.15, -0.1) is 11.8 Å². The standard InChI is InChI=1S/C57H77N9O15S/c1-33(2)27-42(65-56(79)50(35(5)6)66-48(71)31-59-51(74)37-15-9-7-10-16-37)55(78)62-40(19-13-14-26-58-46(69)29-45(57(80)81)82-39-17-11-8-12-18-39)53(76)63-41(24-25-49(72)73)54(77)64-43(28-36-20-22-38(68)23-21-36)52(75)60-30-47(70)61-44(32-67)34(3)4/h7-12,15-18,20-23,32-35,40-45,50,68H,13-14,19,24-31H2,1-6H3,(H,58,69)(H,59,74)(H,60,75)(H,61,70)(H,62,78)(H,63,76)(H,64,77)(H,65,79)(H,66,71)(H,72,73)(H,80,81)/t40-,41-,42-,43-,44+,45-,50-/m0/s1. The van der Waals surface area contributed by atoms with Gasteiger partial charge in [-0.05, 0) is 91.8 Å². The second kappa shape index (κ2) is 35.4. The zero-order chi connectivity index (χ0) is 60.9. The van der Waals surface area contributed by atoms with E-state index in [0.29, 0.717) is 22.3 Å². The Bertz CT molecular complexity index is 2640. The monoisotopic (exact) mass is 1160 g/mol. The van der Waals surface area contributed by atoms with Crippen molar-refractivity contribution < 1.29 is 72.9 Å². The third-order valence-electron chi connectivity index (χ3n) is 12.5. The van der Waals surface area contributed by atoms with Gasteiger partial charge in [0.2, 0.25) is 47.3 Å². The number of carboxylic acid groups (broad SMARTS) is 2. The Morgan fingerprint density at radius 3 is 1.66 bits per heavy atom. The first-order valence-electron chi connectivity index (χ1n) is 26.9. The highest BCUT2D eigenvalue weighted by molar-refractivity contribution is 8.00. The van der Waals surface area contributed by atoms with Crippen molar-refractivity contribution in [2.45, 2.75) is 139 Å². The lowest BCUT2D eigenvalue weighted by Gasteiger charge is -2.28. The lowest BCUT2D eigenvalue weighted by Crippen LogP contribution is -2.60. The quantitative estimate of drug-likeness (QED) is 0.0224. The zero-order valence-electron chi connectivity index (χ0n) is 46.9. The maximum absolute atomic E-state index is 14.5. The summed E-state index contributed by atoms with van der Waals surface area (Å²) in [5.41, 5.74) is 0.737. The number of unbranched alkanes of at least 4 members (excludes halogenated alkanes) is 1. The summed E-state index contributed by atoms with van der Waals surface area (Å²) >= 11 is 1.00. The Hall–Kier alpha value is -8.35. The first-order valence-corrected chi connectivity index (χ1v) is 27.8. The van der Waals surface area contributed by atoms with Gasteiger partial charge in [0.05, 0.1) is 19.1 Å². The molecule has 3 rings (SSSR count). The molecule has 0 saturated carbocycles. The van der Waals surface area contributed by atoms with Gasteiger partial charge < -0.3 is 68.0 Å². The van der Waals surface area contributed by atoms with E-state index in [1.165, 1.54) is 24.3 Å². The smallest absolute Gasteiger partial charge is 0.317 e. The molecule has 0 aliphatic carbocycles. The fraction of sp³-hybridized carbons (Fsp3) is 0.474. The number of hydrogen-bond donors (Lipinski definition) is 12. The van der Waals surface area contributed by atoms with Gasteiger partial charge in [0, 0.05) is 36.3 Å². The van der Waals surface area contributed by atoms with Gasteiger partial charge in [0.25, 0.3) is 5.91 Å². The summed E-state index contributed by atoms with van der Waals surface area (Å²) < 4.78 is 0. The van der Waals surface area contributed by atoms with Crippen LogP contribution in [0.1, 0.15) is 102 Å². The minimum atomic E-state index is -1.67. The molecule has 9 amide bonds. The van der Waals surface area contributed by atoms with Crippen molar-refractivity contribution in [1.29, 1.82) is 0 Å². The lowest BCUT2D eigenvalue weighted by molar-refractivity contribution is -0.139. The molecular formula is C57H77N9O15S. The molecule has 0 saturated heterocycles. The van der Waals surface area contributed by atoms with Crippen LogP contribution in [0.2, 0.25) is 0 Å². The fourth-order valence-electron chi connectivity index (χ4n) is 7.95. The first kappa shape index (κ1) is 67.9. The molecule has 25 heteroatoms. The Labute approximate surface area is 480 Å². The molecule has 0 aliphatic heterocycles. The molecule has 3 aromatic rings. The number of phenolic OH excluding ortho intramolecular Hbond substituents is 1. The number of aromatic hydroxyl groups is 1. The Morgan fingerprint density at radius 2 is 1.10 bits per heavy atom. The fourth-order valence-corrected chi connectivity index (χ4v) is 8.92. The van der Waals surface area contributed by atoms with E-state index < -0.39 is 138 Å². The van der Waals surface area contributed by atoms with E-state index in [1.54, 1.807) is 102 Å². The summed E-state index contributed by atoms with van der Waals surface area (Å²) in [4.78, 5) is 158. The van der Waals surface area contributed by atoms with Crippen molar-refractivity contribution in [3.63, 3.8) is 0 Å². The molecule has 7 atom stereocenters. The van der Waals surface area contributed by atoms with Crippen molar-refractivity contribution in [3.05, 3.63) is 96.1 Å². The largest absolute Gasteiger partial charge is 0.508 e. The Kier molecular flexibility index (Phi) is 29.3. The number of phenols is 1. The number of hydrogen-bond acceptors (Lipinski definition) is 14. The molecule has 0 bridgehead atoms. The minimum absolute atomic E-state index is 0.0128. The predicted octanol–water partition coefficient (Wildman–Crippen LogP) is 1.73. The van der Waals surface area contributed by atoms with Crippen molar-refractivity contribution in [3.8, 4) is 5.75 Å². The van der Waals surface area contributed by atoms with Gasteiger partial charge in [-0.3, -0.25) is 52.7 Å². The second-order valence-electron chi connectivity index (χ2n) is 20.5. The molecule has 3 aromatic carbocycles. The minimum Gasteiger partial charge on any atom is -0.508 e. The van der Waals surface area contributed by atoms with Crippen LogP contribution in [0.4, 0.5) is 0 Å². The van der Waals surface area contributed by atoms with E-state index >= 15 is 0 Å². The summed E-state index contributed by atoms with van der Waals surface area (Å²) in [6.07, 6.45) is -1.08. The molecule has 0 fully saturated rings. The van der Waals surface area contributed by atoms with Crippen LogP contribution in [0.3, 0.4) is 0 Å². The van der Waals surface area contributed by atoms with E-state index in [9.17, 15) is 72.9 Å². The molecule has 0 spiro atoms. The van der Waals surface area contributed by atoms with Crippen molar-refractivity contribution in [2.24, 2.45) is 17.8 Å². The summed E-state index contributed by atoms with van der Waals surface area (Å²) in [6, 6.07) is 14.4. The lowest BCUT2D eigenvalue weighted by atomic mass is 9.99. The van der Waals surface area contributed by atoms with Crippen LogP contribution in [-0.2, 0) is 59.2 Å². The van der Waals surface area contributed by atoms with Gasteiger partial charge in [0.1, 0.15) is 47.5 Å². The molecule has 0 heterocycles. The summed E-state index contributed by atoms with van der Waals surface area (Å²) in [5.74, 6) is -10.7. The average molecular weight is 1160 g/mol. The van der Waals surface area contributed by atoms with Gasteiger partial charge >= 0.3 is 11.9 Å². The first-order chi connectivity index (χ1) is 38.9. The van der Waals surface area contributed by atoms with Crippen molar-refractivity contribution in [2.75, 3.05) is 19.6 Å². The maximum Gasteiger partial charge on any atom is 0.317 e. The number of aliphatic carboxylic acids is 2. The average Bonchev–Trinajstić information content (AvgIpc) is 3.47. The number of aldehydes is 1. The molecule has 0 aromatic heterocycles. The third-order valence-corrected chi connectivity index (χ3v) is 13.7. The molecule has 82 heavy (non-hydrogen) atoms. The molecule has 24 nitrogen and oxygen atoms in total. The van der Waals surface area contributed by atoms with E-state index in [2.05, 4.69) is 47.9 Å². The number of nitrogens with one attached hydrogen (secondary N) is 9. The van der Waals surface area contributed by atoms with Crippen LogP contribution >= 0.6 is 11.8 Å². The molecule has 446 valence electrons. The van der Waals surface area contributed by atoms with E-state index in [4.69, 9.17) is 0 Å². The van der Waals surface area contributed by atoms with Crippen molar-refractivity contribution in [1.82, 2.24) is 47.9 Å². The second-order valence-corrected chi connectivity index (χ2v) is 21.8. The highest BCUT2D eigenvalue weighted by Crippen LogP contribution is 2.25. The van der Waals surface area contributed by atoms with Gasteiger partial charge in [-0.25, -0.2) is 0 Å². The number of rotatable bonds is 36. The van der Waals surface area contributed by atoms with E-state index in [-0.39, 0.29) is 62.7 Å². The third kappa shape index (κ3) is 25.4. The van der Waals surface area contributed by atoms with Gasteiger partial charge in [-0.1, -0.05) is 90.1 Å². The topological polar surface area (TPSA) is 374 Å². The Morgan fingerprint density at radius 1 is 0.549 bits per heavy atom.